The molecule has 1 rings (SSSR count). The second-order valence-corrected chi connectivity index (χ2v) is 3.56. The van der Waals surface area contributed by atoms with Gasteiger partial charge in [0.2, 0.25) is 0 Å². The first-order chi connectivity index (χ1) is 7.43. The van der Waals surface area contributed by atoms with Crippen molar-refractivity contribution in [2.45, 2.75) is 25.6 Å². The van der Waals surface area contributed by atoms with Gasteiger partial charge in [-0.15, -0.1) is 0 Å². The van der Waals surface area contributed by atoms with E-state index in [4.69, 9.17) is 5.11 Å². The number of halogens is 1. The summed E-state index contributed by atoms with van der Waals surface area (Å²) in [6.45, 7) is 1.46. The number of aliphatic carboxylic acids is 1. The molecule has 0 aliphatic heterocycles. The number of hydrogen-bond acceptors (Lipinski definition) is 3. The lowest BCUT2D eigenvalue weighted by atomic mass is 9.97. The molecule has 0 spiro atoms. The normalized spacial score (nSPS) is 14.5. The molecule has 0 fully saturated rings. The fraction of sp³-hybridized carbons (Fsp3) is 0.364. The second-order valence-electron chi connectivity index (χ2n) is 3.56. The quantitative estimate of drug-likeness (QED) is 0.718. The van der Waals surface area contributed by atoms with Crippen molar-refractivity contribution in [3.63, 3.8) is 0 Å². The lowest BCUT2D eigenvalue weighted by Crippen LogP contribution is -2.22. The van der Waals surface area contributed by atoms with Crippen LogP contribution in [0.15, 0.2) is 18.2 Å². The van der Waals surface area contributed by atoms with E-state index in [9.17, 15) is 19.4 Å². The van der Waals surface area contributed by atoms with E-state index in [0.29, 0.717) is 0 Å². The van der Waals surface area contributed by atoms with Crippen molar-refractivity contribution in [1.82, 2.24) is 0 Å². The molecule has 0 heterocycles. The fourth-order valence-corrected chi connectivity index (χ4v) is 1.44. The number of carbonyl (C=O) groups is 1. The van der Waals surface area contributed by atoms with Crippen LogP contribution >= 0.6 is 0 Å². The summed E-state index contributed by atoms with van der Waals surface area (Å²) in [4.78, 5) is 10.4. The number of hydrogen-bond donors (Lipinski definition) is 3. The minimum absolute atomic E-state index is 0.203. The highest BCUT2D eigenvalue weighted by atomic mass is 19.1. The van der Waals surface area contributed by atoms with Crippen molar-refractivity contribution in [2.24, 2.45) is 0 Å². The predicted octanol–water partition coefficient (Wildman–Crippen LogP) is 1.00. The Labute approximate surface area is 92.0 Å². The molecular formula is C11H13FO4. The van der Waals surface area contributed by atoms with Gasteiger partial charge in [0.1, 0.15) is 11.9 Å². The Morgan fingerprint density at radius 2 is 2.06 bits per heavy atom. The van der Waals surface area contributed by atoms with E-state index in [1.165, 1.54) is 25.1 Å². The molecule has 0 aliphatic carbocycles. The summed E-state index contributed by atoms with van der Waals surface area (Å²) < 4.78 is 13.2. The Morgan fingerprint density at radius 3 is 2.62 bits per heavy atom. The standard InChI is InChI=1S/C11H13FO4/c1-6-7(3-2-4-8(6)12)11(16)9(13)5-10(14)15/h2-4,9,11,13,16H,5H2,1H3,(H,14,15). The molecule has 2 atom stereocenters. The third kappa shape index (κ3) is 2.77. The van der Waals surface area contributed by atoms with Crippen LogP contribution in [0.4, 0.5) is 4.39 Å². The van der Waals surface area contributed by atoms with Crippen LogP contribution < -0.4 is 0 Å². The summed E-state index contributed by atoms with van der Waals surface area (Å²) in [6.07, 6.45) is -3.43. The monoisotopic (exact) mass is 228 g/mol. The summed E-state index contributed by atoms with van der Waals surface area (Å²) in [5, 5.41) is 27.5. The smallest absolute Gasteiger partial charge is 0.306 e. The van der Waals surface area contributed by atoms with Gasteiger partial charge in [-0.25, -0.2) is 4.39 Å². The lowest BCUT2D eigenvalue weighted by Gasteiger charge is -2.18. The molecule has 0 radical (unpaired) electrons. The summed E-state index contributed by atoms with van der Waals surface area (Å²) in [5.74, 6) is -1.72. The van der Waals surface area contributed by atoms with Crippen molar-refractivity contribution in [1.29, 1.82) is 0 Å². The van der Waals surface area contributed by atoms with Crippen molar-refractivity contribution >= 4 is 5.97 Å². The third-order valence-electron chi connectivity index (χ3n) is 2.38. The van der Waals surface area contributed by atoms with Crippen LogP contribution in [0.1, 0.15) is 23.7 Å². The van der Waals surface area contributed by atoms with Crippen molar-refractivity contribution in [3.8, 4) is 0 Å². The molecule has 3 N–H and O–H groups in total. The van der Waals surface area contributed by atoms with Gasteiger partial charge >= 0.3 is 5.97 Å². The number of carboxylic acids is 1. The average Bonchev–Trinajstić information content (AvgIpc) is 2.20. The van der Waals surface area contributed by atoms with Crippen molar-refractivity contribution in [2.75, 3.05) is 0 Å². The Kier molecular flexibility index (Phi) is 3.98. The van der Waals surface area contributed by atoms with Gasteiger partial charge < -0.3 is 15.3 Å². The summed E-state index contributed by atoms with van der Waals surface area (Å²) in [6, 6.07) is 4.08. The van der Waals surface area contributed by atoms with Crippen molar-refractivity contribution < 1.29 is 24.5 Å². The fourth-order valence-electron chi connectivity index (χ4n) is 1.44. The van der Waals surface area contributed by atoms with E-state index < -0.39 is 30.4 Å². The molecule has 1 aromatic carbocycles. The highest BCUT2D eigenvalue weighted by Crippen LogP contribution is 2.23. The van der Waals surface area contributed by atoms with Gasteiger partial charge in [0.25, 0.3) is 0 Å². The van der Waals surface area contributed by atoms with Crippen LogP contribution in [-0.2, 0) is 4.79 Å². The van der Waals surface area contributed by atoms with Gasteiger partial charge in [0.05, 0.1) is 12.5 Å². The first-order valence-corrected chi connectivity index (χ1v) is 4.76. The molecular weight excluding hydrogens is 215 g/mol. The molecule has 4 nitrogen and oxygen atoms in total. The summed E-state index contributed by atoms with van der Waals surface area (Å²) in [5.41, 5.74) is 0.410. The Morgan fingerprint density at radius 1 is 1.44 bits per heavy atom. The van der Waals surface area contributed by atoms with Gasteiger partial charge in [0.15, 0.2) is 0 Å². The minimum Gasteiger partial charge on any atom is -0.481 e. The molecule has 16 heavy (non-hydrogen) atoms. The van der Waals surface area contributed by atoms with Crippen molar-refractivity contribution in [3.05, 3.63) is 35.1 Å². The maximum absolute atomic E-state index is 13.2. The first kappa shape index (κ1) is 12.6. The molecule has 88 valence electrons. The van der Waals surface area contributed by atoms with Gasteiger partial charge in [-0.05, 0) is 24.1 Å². The van der Waals surface area contributed by atoms with E-state index in [1.807, 2.05) is 0 Å². The number of benzene rings is 1. The summed E-state index contributed by atoms with van der Waals surface area (Å²) in [7, 11) is 0. The number of aliphatic hydroxyl groups is 2. The Balaban J connectivity index is 2.91. The Bertz CT molecular complexity index is 392. The maximum atomic E-state index is 13.2. The molecule has 0 aromatic heterocycles. The van der Waals surface area contributed by atoms with Crippen LogP contribution in [0.2, 0.25) is 0 Å². The van der Waals surface area contributed by atoms with E-state index in [-0.39, 0.29) is 11.1 Å². The van der Waals surface area contributed by atoms with Crippen LogP contribution in [-0.4, -0.2) is 27.4 Å². The molecule has 0 amide bonds. The first-order valence-electron chi connectivity index (χ1n) is 4.76. The summed E-state index contributed by atoms with van der Waals surface area (Å²) >= 11 is 0. The largest absolute Gasteiger partial charge is 0.481 e. The number of rotatable bonds is 4. The van der Waals surface area contributed by atoms with Gasteiger partial charge in [0, 0.05) is 0 Å². The zero-order valence-electron chi connectivity index (χ0n) is 8.72. The van der Waals surface area contributed by atoms with Gasteiger partial charge in [-0.2, -0.15) is 0 Å². The van der Waals surface area contributed by atoms with E-state index in [1.54, 1.807) is 0 Å². The van der Waals surface area contributed by atoms with Gasteiger partial charge in [-0.1, -0.05) is 12.1 Å². The van der Waals surface area contributed by atoms with Crippen LogP contribution in [0.3, 0.4) is 0 Å². The molecule has 0 bridgehead atoms. The highest BCUT2D eigenvalue weighted by Gasteiger charge is 2.23. The maximum Gasteiger partial charge on any atom is 0.306 e. The topological polar surface area (TPSA) is 77.8 Å². The van der Waals surface area contributed by atoms with Crippen LogP contribution in [0, 0.1) is 12.7 Å². The minimum atomic E-state index is -1.45. The van der Waals surface area contributed by atoms with Gasteiger partial charge in [-0.3, -0.25) is 4.79 Å². The SMILES string of the molecule is Cc1c(F)cccc1C(O)C(O)CC(=O)O. The highest BCUT2D eigenvalue weighted by molar-refractivity contribution is 5.67. The molecule has 5 heteroatoms. The lowest BCUT2D eigenvalue weighted by molar-refractivity contribution is -0.141. The number of carboxylic acid groups (broad SMARTS) is 1. The molecule has 2 unspecified atom stereocenters. The Hall–Kier alpha value is -1.46. The van der Waals surface area contributed by atoms with E-state index in [0.717, 1.165) is 0 Å². The van der Waals surface area contributed by atoms with E-state index >= 15 is 0 Å². The zero-order valence-corrected chi connectivity index (χ0v) is 8.72. The molecule has 0 aliphatic rings. The van der Waals surface area contributed by atoms with Crippen LogP contribution in [0.5, 0.6) is 0 Å². The second kappa shape index (κ2) is 5.05. The third-order valence-corrected chi connectivity index (χ3v) is 2.38. The average molecular weight is 228 g/mol. The van der Waals surface area contributed by atoms with E-state index in [2.05, 4.69) is 0 Å². The van der Waals surface area contributed by atoms with Crippen LogP contribution in [0.25, 0.3) is 0 Å². The molecule has 1 aromatic rings. The predicted molar refractivity (Wildman–Crippen MR) is 54.4 cm³/mol. The molecule has 0 saturated carbocycles. The number of aliphatic hydroxyl groups excluding tert-OH is 2. The zero-order chi connectivity index (χ0) is 12.3. The molecule has 0 saturated heterocycles.